The molecule has 3 rings (SSSR count). The highest BCUT2D eigenvalue weighted by Gasteiger charge is 2.27. The first kappa shape index (κ1) is 11.6. The molecular formula is C12H13N3O2S. The molecule has 1 amide bonds. The van der Waals surface area contributed by atoms with E-state index in [1.165, 1.54) is 11.8 Å². The number of amidine groups is 1. The van der Waals surface area contributed by atoms with Crippen LogP contribution in [-0.4, -0.2) is 47.3 Å². The van der Waals surface area contributed by atoms with Gasteiger partial charge in [0.15, 0.2) is 5.17 Å². The fourth-order valence-electron chi connectivity index (χ4n) is 1.86. The third kappa shape index (κ3) is 2.34. The Hall–Kier alpha value is -1.53. The van der Waals surface area contributed by atoms with Gasteiger partial charge in [-0.05, 0) is 30.0 Å². The van der Waals surface area contributed by atoms with E-state index >= 15 is 0 Å². The van der Waals surface area contributed by atoms with Crippen molar-refractivity contribution < 1.29 is 9.53 Å². The summed E-state index contributed by atoms with van der Waals surface area (Å²) in [6, 6.07) is 3.83. The predicted molar refractivity (Wildman–Crippen MR) is 71.2 cm³/mol. The van der Waals surface area contributed by atoms with Crippen LogP contribution in [0.25, 0.3) is 6.08 Å². The van der Waals surface area contributed by atoms with E-state index in [0.717, 1.165) is 24.0 Å². The molecule has 94 valence electrons. The third-order valence-corrected chi connectivity index (χ3v) is 3.84. The summed E-state index contributed by atoms with van der Waals surface area (Å²) < 4.78 is 5.29. The molecule has 0 saturated carbocycles. The van der Waals surface area contributed by atoms with Crippen LogP contribution >= 0.6 is 11.8 Å². The van der Waals surface area contributed by atoms with Gasteiger partial charge in [-0.1, -0.05) is 0 Å². The molecule has 3 heterocycles. The molecule has 0 radical (unpaired) electrons. The number of rotatable bonds is 1. The predicted octanol–water partition coefficient (Wildman–Crippen LogP) is 1.32. The molecule has 2 aliphatic heterocycles. The first-order chi connectivity index (χ1) is 8.83. The number of aromatic amines is 1. The zero-order chi connectivity index (χ0) is 12.4. The topological polar surface area (TPSA) is 57.7 Å². The summed E-state index contributed by atoms with van der Waals surface area (Å²) in [5, 5.41) is 0.793. The highest BCUT2D eigenvalue weighted by molar-refractivity contribution is 8.18. The standard InChI is InChI=1S/C12H13N3O2S/c16-11-10(8-9-2-1-3-13-9)18-12(14-11)15-4-6-17-7-5-15/h1-3,8,13H,4-7H2/b10-8+. The van der Waals surface area contributed by atoms with Gasteiger partial charge in [0, 0.05) is 25.0 Å². The van der Waals surface area contributed by atoms with Crippen molar-refractivity contribution in [3.05, 3.63) is 28.9 Å². The van der Waals surface area contributed by atoms with E-state index in [4.69, 9.17) is 4.74 Å². The van der Waals surface area contributed by atoms with Crippen LogP contribution in [0.5, 0.6) is 0 Å². The average molecular weight is 263 g/mol. The lowest BCUT2D eigenvalue weighted by Gasteiger charge is -2.27. The number of aliphatic imine (C=N–C) groups is 1. The van der Waals surface area contributed by atoms with Gasteiger partial charge >= 0.3 is 0 Å². The van der Waals surface area contributed by atoms with Gasteiger partial charge in [-0.2, -0.15) is 4.99 Å². The summed E-state index contributed by atoms with van der Waals surface area (Å²) >= 11 is 1.44. The summed E-state index contributed by atoms with van der Waals surface area (Å²) in [7, 11) is 0. The van der Waals surface area contributed by atoms with Crippen LogP contribution in [0.4, 0.5) is 0 Å². The number of morpholine rings is 1. The summed E-state index contributed by atoms with van der Waals surface area (Å²) in [6.45, 7) is 3.00. The second kappa shape index (κ2) is 4.99. The van der Waals surface area contributed by atoms with Crippen molar-refractivity contribution in [3.8, 4) is 0 Å². The molecule has 0 unspecified atom stereocenters. The maximum Gasteiger partial charge on any atom is 0.286 e. The fourth-order valence-corrected chi connectivity index (χ4v) is 2.82. The molecule has 5 nitrogen and oxygen atoms in total. The van der Waals surface area contributed by atoms with E-state index in [1.54, 1.807) is 0 Å². The largest absolute Gasteiger partial charge is 0.378 e. The van der Waals surface area contributed by atoms with Crippen LogP contribution in [-0.2, 0) is 9.53 Å². The first-order valence-electron chi connectivity index (χ1n) is 5.81. The Morgan fingerprint density at radius 3 is 3.00 bits per heavy atom. The van der Waals surface area contributed by atoms with Crippen LogP contribution in [0.3, 0.4) is 0 Å². The minimum Gasteiger partial charge on any atom is -0.378 e. The molecular weight excluding hydrogens is 250 g/mol. The van der Waals surface area contributed by atoms with Crippen LogP contribution in [0.15, 0.2) is 28.2 Å². The molecule has 1 N–H and O–H groups in total. The lowest BCUT2D eigenvalue weighted by molar-refractivity contribution is -0.113. The molecule has 18 heavy (non-hydrogen) atoms. The monoisotopic (exact) mass is 263 g/mol. The van der Waals surface area contributed by atoms with Gasteiger partial charge in [0.1, 0.15) is 0 Å². The van der Waals surface area contributed by atoms with E-state index < -0.39 is 0 Å². The van der Waals surface area contributed by atoms with Crippen molar-refractivity contribution in [1.29, 1.82) is 0 Å². The number of hydrogen-bond acceptors (Lipinski definition) is 4. The normalized spacial score (nSPS) is 22.7. The Morgan fingerprint density at radius 2 is 2.28 bits per heavy atom. The molecule has 1 fully saturated rings. The maximum atomic E-state index is 11.8. The van der Waals surface area contributed by atoms with Crippen molar-refractivity contribution >= 4 is 28.9 Å². The van der Waals surface area contributed by atoms with Crippen molar-refractivity contribution in [2.75, 3.05) is 26.3 Å². The van der Waals surface area contributed by atoms with Crippen molar-refractivity contribution in [2.24, 2.45) is 4.99 Å². The minimum absolute atomic E-state index is 0.156. The van der Waals surface area contributed by atoms with Crippen molar-refractivity contribution in [2.45, 2.75) is 0 Å². The van der Waals surface area contributed by atoms with Gasteiger partial charge < -0.3 is 14.6 Å². The molecule has 1 aromatic rings. The summed E-state index contributed by atoms with van der Waals surface area (Å²) in [5.41, 5.74) is 0.921. The highest BCUT2D eigenvalue weighted by atomic mass is 32.2. The smallest absolute Gasteiger partial charge is 0.286 e. The molecule has 1 saturated heterocycles. The molecule has 2 aliphatic rings. The Bertz CT molecular complexity index is 501. The number of carbonyl (C=O) groups is 1. The van der Waals surface area contributed by atoms with Crippen LogP contribution in [0, 0.1) is 0 Å². The minimum atomic E-state index is -0.156. The molecule has 0 bridgehead atoms. The quantitative estimate of drug-likeness (QED) is 0.776. The number of hydrogen-bond donors (Lipinski definition) is 1. The van der Waals surface area contributed by atoms with E-state index in [-0.39, 0.29) is 5.91 Å². The fraction of sp³-hybridized carbons (Fsp3) is 0.333. The maximum absolute atomic E-state index is 11.8. The molecule has 6 heteroatoms. The molecule has 0 aromatic carbocycles. The number of amides is 1. The summed E-state index contributed by atoms with van der Waals surface area (Å²) in [6.07, 6.45) is 3.67. The summed E-state index contributed by atoms with van der Waals surface area (Å²) in [5.74, 6) is -0.156. The lowest BCUT2D eigenvalue weighted by Crippen LogP contribution is -2.38. The number of H-pyrrole nitrogens is 1. The van der Waals surface area contributed by atoms with Gasteiger partial charge in [-0.15, -0.1) is 0 Å². The number of ether oxygens (including phenoxy) is 1. The molecule has 0 aliphatic carbocycles. The van der Waals surface area contributed by atoms with Gasteiger partial charge in [-0.3, -0.25) is 4.79 Å². The molecule has 0 atom stereocenters. The number of aromatic nitrogens is 1. The van der Waals surface area contributed by atoms with Crippen LogP contribution in [0.2, 0.25) is 0 Å². The Labute approximate surface area is 109 Å². The SMILES string of the molecule is O=C1N=C(N2CCOCC2)S/C1=C/c1ccc[nH]1. The summed E-state index contributed by atoms with van der Waals surface area (Å²) in [4.78, 5) is 21.7. The Balaban J connectivity index is 1.74. The van der Waals surface area contributed by atoms with E-state index in [9.17, 15) is 4.79 Å². The Kier molecular flexibility index (Phi) is 3.21. The van der Waals surface area contributed by atoms with E-state index in [1.807, 2.05) is 24.4 Å². The van der Waals surface area contributed by atoms with Crippen molar-refractivity contribution in [1.82, 2.24) is 9.88 Å². The average Bonchev–Trinajstić information content (AvgIpc) is 3.02. The zero-order valence-corrected chi connectivity index (χ0v) is 10.6. The van der Waals surface area contributed by atoms with Crippen LogP contribution in [0.1, 0.15) is 5.69 Å². The molecule has 0 spiro atoms. The Morgan fingerprint density at radius 1 is 1.44 bits per heavy atom. The lowest BCUT2D eigenvalue weighted by atomic mass is 10.4. The highest BCUT2D eigenvalue weighted by Crippen LogP contribution is 2.30. The van der Waals surface area contributed by atoms with Gasteiger partial charge in [-0.25, -0.2) is 0 Å². The molecule has 1 aromatic heterocycles. The number of nitrogens with one attached hydrogen (secondary N) is 1. The van der Waals surface area contributed by atoms with E-state index in [2.05, 4.69) is 14.9 Å². The van der Waals surface area contributed by atoms with Crippen molar-refractivity contribution in [3.63, 3.8) is 0 Å². The third-order valence-electron chi connectivity index (χ3n) is 2.80. The number of nitrogens with zero attached hydrogens (tertiary/aromatic N) is 2. The number of thioether (sulfide) groups is 1. The van der Waals surface area contributed by atoms with Gasteiger partial charge in [0.25, 0.3) is 5.91 Å². The zero-order valence-electron chi connectivity index (χ0n) is 9.76. The number of carbonyl (C=O) groups excluding carboxylic acids is 1. The second-order valence-electron chi connectivity index (χ2n) is 4.04. The second-order valence-corrected chi connectivity index (χ2v) is 5.04. The van der Waals surface area contributed by atoms with Gasteiger partial charge in [0.2, 0.25) is 0 Å². The van der Waals surface area contributed by atoms with Gasteiger partial charge in [0.05, 0.1) is 18.1 Å². The van der Waals surface area contributed by atoms with E-state index in [0.29, 0.717) is 18.1 Å². The first-order valence-corrected chi connectivity index (χ1v) is 6.63. The van der Waals surface area contributed by atoms with Crippen LogP contribution < -0.4 is 0 Å².